The molecule has 10 heteroatoms. The van der Waals surface area contributed by atoms with E-state index >= 15 is 0 Å². The minimum atomic E-state index is -0.863. The number of para-hydroxylation sites is 1. The van der Waals surface area contributed by atoms with Crippen molar-refractivity contribution in [1.82, 2.24) is 9.55 Å². The van der Waals surface area contributed by atoms with Gasteiger partial charge < -0.3 is 10.6 Å². The standard InChI is InChI=1S/C24H16Cl2F2N4O2/c25-18-4-2-5-19(26)24(18)32-12-14(7-10-22(32)33)23(17-9-8-15(27)11-20(17)28)31-34-13-16-3-1-6-21(29)30-16/h1-12H,13H2,(H2,29,30). The number of aromatic nitrogens is 2. The van der Waals surface area contributed by atoms with E-state index in [2.05, 4.69) is 10.1 Å². The van der Waals surface area contributed by atoms with Crippen molar-refractivity contribution in [3.8, 4) is 5.69 Å². The molecular formula is C24H16Cl2F2N4O2. The summed E-state index contributed by atoms with van der Waals surface area (Å²) in [7, 11) is 0. The molecule has 2 heterocycles. The van der Waals surface area contributed by atoms with Crippen LogP contribution in [0.4, 0.5) is 14.6 Å². The van der Waals surface area contributed by atoms with Crippen LogP contribution in [0.25, 0.3) is 5.69 Å². The maximum Gasteiger partial charge on any atom is 0.255 e. The van der Waals surface area contributed by atoms with Crippen LogP contribution >= 0.6 is 23.2 Å². The van der Waals surface area contributed by atoms with Crippen molar-refractivity contribution in [3.05, 3.63) is 122 Å². The number of halogens is 4. The molecule has 2 N–H and O–H groups in total. The van der Waals surface area contributed by atoms with E-state index in [9.17, 15) is 13.6 Å². The van der Waals surface area contributed by atoms with E-state index in [0.29, 0.717) is 17.1 Å². The second-order valence-electron chi connectivity index (χ2n) is 7.09. The van der Waals surface area contributed by atoms with Gasteiger partial charge in [0.05, 0.1) is 21.4 Å². The third-order valence-electron chi connectivity index (χ3n) is 4.75. The lowest BCUT2D eigenvalue weighted by Crippen LogP contribution is -2.20. The minimum Gasteiger partial charge on any atom is -0.389 e. The number of oxime groups is 1. The van der Waals surface area contributed by atoms with Crippen LogP contribution < -0.4 is 11.3 Å². The zero-order valence-electron chi connectivity index (χ0n) is 17.4. The molecule has 6 nitrogen and oxygen atoms in total. The highest BCUT2D eigenvalue weighted by atomic mass is 35.5. The molecule has 0 fully saturated rings. The summed E-state index contributed by atoms with van der Waals surface area (Å²) >= 11 is 12.5. The fourth-order valence-corrected chi connectivity index (χ4v) is 3.78. The fourth-order valence-electron chi connectivity index (χ4n) is 3.20. The molecule has 0 atom stereocenters. The number of nitrogens with zero attached hydrogens (tertiary/aromatic N) is 3. The summed E-state index contributed by atoms with van der Waals surface area (Å²) in [6.45, 7) is -0.0622. The fraction of sp³-hybridized carbons (Fsp3) is 0.0417. The van der Waals surface area contributed by atoms with E-state index in [0.717, 1.165) is 12.1 Å². The van der Waals surface area contributed by atoms with Crippen LogP contribution in [0.2, 0.25) is 10.0 Å². The molecule has 0 aliphatic heterocycles. The molecule has 4 aromatic rings. The molecule has 0 aliphatic rings. The van der Waals surface area contributed by atoms with Gasteiger partial charge in [0, 0.05) is 29.5 Å². The maximum absolute atomic E-state index is 14.7. The van der Waals surface area contributed by atoms with Gasteiger partial charge in [-0.25, -0.2) is 13.8 Å². The number of rotatable bonds is 6. The van der Waals surface area contributed by atoms with Gasteiger partial charge in [-0.15, -0.1) is 0 Å². The number of nitrogens with two attached hydrogens (primary N) is 1. The summed E-state index contributed by atoms with van der Waals surface area (Å²) < 4.78 is 29.5. The largest absolute Gasteiger partial charge is 0.389 e. The Bertz CT molecular complexity index is 1440. The van der Waals surface area contributed by atoms with E-state index in [1.165, 1.54) is 29.0 Å². The third kappa shape index (κ3) is 5.08. The number of pyridine rings is 2. The van der Waals surface area contributed by atoms with Crippen LogP contribution in [0, 0.1) is 11.6 Å². The van der Waals surface area contributed by atoms with Crippen molar-refractivity contribution < 1.29 is 13.6 Å². The highest BCUT2D eigenvalue weighted by molar-refractivity contribution is 6.37. The zero-order valence-corrected chi connectivity index (χ0v) is 18.9. The molecule has 0 unspecified atom stereocenters. The highest BCUT2D eigenvalue weighted by Crippen LogP contribution is 2.28. The lowest BCUT2D eigenvalue weighted by Gasteiger charge is -2.13. The normalized spacial score (nSPS) is 11.5. The Morgan fingerprint density at radius 2 is 1.76 bits per heavy atom. The molecule has 0 amide bonds. The maximum atomic E-state index is 14.7. The summed E-state index contributed by atoms with van der Waals surface area (Å²) in [5.41, 5.74) is 6.26. The van der Waals surface area contributed by atoms with Crippen molar-refractivity contribution >= 4 is 34.7 Å². The summed E-state index contributed by atoms with van der Waals surface area (Å²) in [5, 5.41) is 4.56. The zero-order chi connectivity index (χ0) is 24.2. The molecule has 172 valence electrons. The number of nitrogen functional groups attached to an aromatic ring is 1. The predicted octanol–water partition coefficient (Wildman–Crippen LogP) is 5.37. The molecule has 2 aromatic heterocycles. The first kappa shape index (κ1) is 23.4. The molecule has 4 rings (SSSR count). The summed E-state index contributed by atoms with van der Waals surface area (Å²) in [6.07, 6.45) is 1.40. The SMILES string of the molecule is Nc1cccc(CON=C(c2ccc(=O)n(-c3c(Cl)cccc3Cl)c2)c2ccc(F)cc2F)n1. The smallest absolute Gasteiger partial charge is 0.255 e. The average molecular weight is 501 g/mol. The van der Waals surface area contributed by atoms with Crippen molar-refractivity contribution in [2.24, 2.45) is 5.16 Å². The Kier molecular flexibility index (Phi) is 6.90. The van der Waals surface area contributed by atoms with Crippen LogP contribution in [-0.2, 0) is 11.4 Å². The molecule has 2 aromatic carbocycles. The molecule has 0 radical (unpaired) electrons. The van der Waals surface area contributed by atoms with E-state index in [1.807, 2.05) is 0 Å². The first-order chi connectivity index (χ1) is 16.3. The van der Waals surface area contributed by atoms with Crippen molar-refractivity contribution in [2.45, 2.75) is 6.61 Å². The van der Waals surface area contributed by atoms with Gasteiger partial charge in [-0.05, 0) is 42.5 Å². The van der Waals surface area contributed by atoms with Crippen LogP contribution in [-0.4, -0.2) is 15.3 Å². The van der Waals surface area contributed by atoms with Gasteiger partial charge in [-0.1, -0.05) is 40.5 Å². The monoisotopic (exact) mass is 500 g/mol. The van der Waals surface area contributed by atoms with E-state index < -0.39 is 17.2 Å². The minimum absolute atomic E-state index is 0.0123. The lowest BCUT2D eigenvalue weighted by molar-refractivity contribution is 0.128. The molecule has 34 heavy (non-hydrogen) atoms. The molecule has 0 spiro atoms. The number of benzene rings is 2. The topological polar surface area (TPSA) is 82.5 Å². The Hall–Kier alpha value is -3.75. The van der Waals surface area contributed by atoms with E-state index in [1.54, 1.807) is 36.4 Å². The first-order valence-electron chi connectivity index (χ1n) is 9.88. The van der Waals surface area contributed by atoms with Gasteiger partial charge in [-0.3, -0.25) is 9.36 Å². The molecular weight excluding hydrogens is 485 g/mol. The van der Waals surface area contributed by atoms with Crippen molar-refractivity contribution in [3.63, 3.8) is 0 Å². The average Bonchev–Trinajstić information content (AvgIpc) is 2.79. The molecule has 0 aliphatic carbocycles. The number of hydrogen-bond donors (Lipinski definition) is 1. The second-order valence-corrected chi connectivity index (χ2v) is 7.90. The van der Waals surface area contributed by atoms with Gasteiger partial charge in [0.25, 0.3) is 5.56 Å². The Balaban J connectivity index is 1.81. The van der Waals surface area contributed by atoms with Gasteiger partial charge in [0.2, 0.25) is 0 Å². The van der Waals surface area contributed by atoms with E-state index in [4.69, 9.17) is 33.8 Å². The number of anilines is 1. The van der Waals surface area contributed by atoms with Gasteiger partial charge in [0.15, 0.2) is 6.61 Å². The quantitative estimate of drug-likeness (QED) is 0.285. The summed E-state index contributed by atoms with van der Waals surface area (Å²) in [5.74, 6) is -1.31. The summed E-state index contributed by atoms with van der Waals surface area (Å²) in [4.78, 5) is 22.1. The molecule has 0 saturated heterocycles. The Morgan fingerprint density at radius 3 is 2.47 bits per heavy atom. The highest BCUT2D eigenvalue weighted by Gasteiger charge is 2.17. The predicted molar refractivity (Wildman–Crippen MR) is 127 cm³/mol. The summed E-state index contributed by atoms with van der Waals surface area (Å²) in [6, 6.07) is 15.5. The van der Waals surface area contributed by atoms with Crippen molar-refractivity contribution in [1.29, 1.82) is 0 Å². The lowest BCUT2D eigenvalue weighted by atomic mass is 10.0. The molecule has 0 saturated carbocycles. The van der Waals surface area contributed by atoms with Crippen LogP contribution in [0.15, 0.2) is 82.9 Å². The Morgan fingerprint density at radius 1 is 1.03 bits per heavy atom. The molecule has 0 bridgehead atoms. The van der Waals surface area contributed by atoms with Gasteiger partial charge >= 0.3 is 0 Å². The third-order valence-corrected chi connectivity index (χ3v) is 5.36. The van der Waals surface area contributed by atoms with Gasteiger partial charge in [0.1, 0.15) is 23.2 Å². The first-order valence-corrected chi connectivity index (χ1v) is 10.6. The van der Waals surface area contributed by atoms with Crippen molar-refractivity contribution in [2.75, 3.05) is 5.73 Å². The van der Waals surface area contributed by atoms with Gasteiger partial charge in [-0.2, -0.15) is 0 Å². The van der Waals surface area contributed by atoms with Crippen LogP contribution in [0.5, 0.6) is 0 Å². The van der Waals surface area contributed by atoms with Crippen LogP contribution in [0.3, 0.4) is 0 Å². The Labute approximate surface area is 202 Å². The van der Waals surface area contributed by atoms with Crippen LogP contribution in [0.1, 0.15) is 16.8 Å². The van der Waals surface area contributed by atoms with E-state index in [-0.39, 0.29) is 33.6 Å². The second kappa shape index (κ2) is 10.0. The number of hydrogen-bond acceptors (Lipinski definition) is 5.